The highest BCUT2D eigenvalue weighted by atomic mass is 32.1. The molecular formula is C21H19N3O5S. The number of aromatic nitrogens is 2. The van der Waals surface area contributed by atoms with E-state index in [1.807, 2.05) is 17.5 Å². The Morgan fingerprint density at radius 2 is 1.97 bits per heavy atom. The summed E-state index contributed by atoms with van der Waals surface area (Å²) in [5, 5.41) is 4.95. The average Bonchev–Trinajstić information content (AvgIpc) is 3.44. The van der Waals surface area contributed by atoms with Gasteiger partial charge in [-0.15, -0.1) is 11.3 Å². The lowest BCUT2D eigenvalue weighted by Crippen LogP contribution is -2.40. The van der Waals surface area contributed by atoms with Gasteiger partial charge in [0.25, 0.3) is 5.56 Å². The smallest absolute Gasteiger partial charge is 0.332 e. The van der Waals surface area contributed by atoms with E-state index in [-0.39, 0.29) is 19.0 Å². The molecule has 0 saturated carbocycles. The summed E-state index contributed by atoms with van der Waals surface area (Å²) in [5.74, 6) is 0.961. The van der Waals surface area contributed by atoms with E-state index in [0.29, 0.717) is 27.3 Å². The molecule has 0 atom stereocenters. The maximum atomic E-state index is 12.9. The fourth-order valence-electron chi connectivity index (χ4n) is 3.20. The van der Waals surface area contributed by atoms with Gasteiger partial charge in [0.05, 0.1) is 25.3 Å². The summed E-state index contributed by atoms with van der Waals surface area (Å²) in [6.45, 7) is 0.0176. The van der Waals surface area contributed by atoms with Crippen molar-refractivity contribution in [1.29, 1.82) is 0 Å². The number of rotatable bonds is 6. The molecule has 0 aliphatic carbocycles. The molecule has 1 amide bonds. The van der Waals surface area contributed by atoms with Gasteiger partial charge in [0.15, 0.2) is 0 Å². The zero-order chi connectivity index (χ0) is 21.3. The summed E-state index contributed by atoms with van der Waals surface area (Å²) >= 11 is 1.26. The van der Waals surface area contributed by atoms with Gasteiger partial charge in [-0.2, -0.15) is 0 Å². The van der Waals surface area contributed by atoms with Gasteiger partial charge in [-0.3, -0.25) is 18.7 Å². The molecule has 1 N–H and O–H groups in total. The van der Waals surface area contributed by atoms with Crippen molar-refractivity contribution in [2.75, 3.05) is 7.11 Å². The normalized spacial score (nSPS) is 11.0. The highest BCUT2D eigenvalue weighted by Gasteiger charge is 2.19. The molecule has 0 spiro atoms. The van der Waals surface area contributed by atoms with Crippen molar-refractivity contribution in [1.82, 2.24) is 14.5 Å². The summed E-state index contributed by atoms with van der Waals surface area (Å²) in [6.07, 6.45) is 1.52. The van der Waals surface area contributed by atoms with Gasteiger partial charge >= 0.3 is 5.69 Å². The maximum absolute atomic E-state index is 12.9. The van der Waals surface area contributed by atoms with Crippen LogP contribution in [0.2, 0.25) is 0 Å². The number of carbonyl (C=O) groups excluding carboxylic acids is 1. The van der Waals surface area contributed by atoms with E-state index in [2.05, 4.69) is 5.32 Å². The summed E-state index contributed by atoms with van der Waals surface area (Å²) in [5.41, 5.74) is 0.604. The predicted molar refractivity (Wildman–Crippen MR) is 114 cm³/mol. The van der Waals surface area contributed by atoms with Crippen LogP contribution in [0.4, 0.5) is 0 Å². The number of carbonyl (C=O) groups is 1. The van der Waals surface area contributed by atoms with Crippen molar-refractivity contribution in [3.05, 3.63) is 74.6 Å². The van der Waals surface area contributed by atoms with E-state index in [9.17, 15) is 14.4 Å². The van der Waals surface area contributed by atoms with Crippen molar-refractivity contribution >= 4 is 27.5 Å². The van der Waals surface area contributed by atoms with Gasteiger partial charge in [0, 0.05) is 18.0 Å². The number of thiophene rings is 1. The Labute approximate surface area is 174 Å². The summed E-state index contributed by atoms with van der Waals surface area (Å²) in [4.78, 5) is 38.5. The van der Waals surface area contributed by atoms with Gasteiger partial charge in [0.1, 0.15) is 22.9 Å². The van der Waals surface area contributed by atoms with Crippen LogP contribution in [-0.4, -0.2) is 22.2 Å². The SMILES string of the molecule is COc1ccc(-c2csc3c2c(=O)n(C)c(=O)n3CC(=O)NCc2ccco2)cc1. The molecule has 30 heavy (non-hydrogen) atoms. The van der Waals surface area contributed by atoms with E-state index >= 15 is 0 Å². The van der Waals surface area contributed by atoms with Crippen LogP contribution in [-0.2, 0) is 24.9 Å². The predicted octanol–water partition coefficient (Wildman–Crippen LogP) is 2.35. The highest BCUT2D eigenvalue weighted by Crippen LogP contribution is 2.32. The lowest BCUT2D eigenvalue weighted by molar-refractivity contribution is -0.121. The lowest BCUT2D eigenvalue weighted by atomic mass is 10.1. The molecule has 1 aromatic carbocycles. The Morgan fingerprint density at radius 1 is 1.20 bits per heavy atom. The van der Waals surface area contributed by atoms with Crippen LogP contribution in [0.1, 0.15) is 5.76 Å². The summed E-state index contributed by atoms with van der Waals surface area (Å²) < 4.78 is 12.7. The van der Waals surface area contributed by atoms with Crippen molar-refractivity contribution < 1.29 is 13.9 Å². The Hall–Kier alpha value is -3.59. The number of nitrogens with zero attached hydrogens (tertiary/aromatic N) is 2. The maximum Gasteiger partial charge on any atom is 0.332 e. The number of hydrogen-bond donors (Lipinski definition) is 1. The zero-order valence-electron chi connectivity index (χ0n) is 16.4. The van der Waals surface area contributed by atoms with Crippen LogP contribution >= 0.6 is 11.3 Å². The zero-order valence-corrected chi connectivity index (χ0v) is 17.2. The monoisotopic (exact) mass is 425 g/mol. The third-order valence-electron chi connectivity index (χ3n) is 4.80. The summed E-state index contributed by atoms with van der Waals surface area (Å²) in [7, 11) is 3.00. The number of hydrogen-bond acceptors (Lipinski definition) is 6. The second kappa shape index (κ2) is 8.03. The van der Waals surface area contributed by atoms with Gasteiger partial charge in [-0.05, 0) is 29.8 Å². The minimum Gasteiger partial charge on any atom is -0.497 e. The van der Waals surface area contributed by atoms with Crippen LogP contribution in [0.5, 0.6) is 5.75 Å². The van der Waals surface area contributed by atoms with E-state index in [1.54, 1.807) is 31.4 Å². The molecule has 8 nitrogen and oxygen atoms in total. The molecule has 3 aromatic heterocycles. The van der Waals surface area contributed by atoms with E-state index in [1.165, 1.54) is 29.2 Å². The molecule has 4 rings (SSSR count). The van der Waals surface area contributed by atoms with Gasteiger partial charge in [-0.1, -0.05) is 12.1 Å². The Morgan fingerprint density at radius 3 is 2.63 bits per heavy atom. The van der Waals surface area contributed by atoms with Crippen LogP contribution < -0.4 is 21.3 Å². The molecule has 0 aliphatic heterocycles. The minimum absolute atomic E-state index is 0.202. The second-order valence-corrected chi connectivity index (χ2v) is 7.51. The first kappa shape index (κ1) is 19.7. The standard InChI is InChI=1S/C21H19N3O5S/c1-23-19(26)18-16(13-5-7-14(28-2)8-6-13)12-30-20(18)24(21(23)27)11-17(25)22-10-15-4-3-9-29-15/h3-9,12H,10-11H2,1-2H3,(H,22,25). The van der Waals surface area contributed by atoms with Gasteiger partial charge in [0.2, 0.25) is 5.91 Å². The lowest BCUT2D eigenvalue weighted by Gasteiger charge is -2.10. The molecule has 9 heteroatoms. The van der Waals surface area contributed by atoms with E-state index < -0.39 is 11.2 Å². The minimum atomic E-state index is -0.538. The highest BCUT2D eigenvalue weighted by molar-refractivity contribution is 7.17. The number of nitrogens with one attached hydrogen (secondary N) is 1. The Bertz CT molecular complexity index is 1310. The Balaban J connectivity index is 1.73. The van der Waals surface area contributed by atoms with Crippen molar-refractivity contribution in [3.63, 3.8) is 0 Å². The van der Waals surface area contributed by atoms with Crippen molar-refractivity contribution in [3.8, 4) is 16.9 Å². The molecule has 0 aliphatic rings. The molecule has 0 fully saturated rings. The number of benzene rings is 1. The van der Waals surface area contributed by atoms with E-state index in [4.69, 9.17) is 9.15 Å². The topological polar surface area (TPSA) is 95.5 Å². The number of fused-ring (bicyclic) bond motifs is 1. The third kappa shape index (κ3) is 3.55. The molecular weight excluding hydrogens is 406 g/mol. The number of furan rings is 1. The first-order chi connectivity index (χ1) is 14.5. The second-order valence-electron chi connectivity index (χ2n) is 6.65. The quantitative estimate of drug-likeness (QED) is 0.512. The molecule has 0 bridgehead atoms. The third-order valence-corrected chi connectivity index (χ3v) is 5.80. The Kier molecular flexibility index (Phi) is 5.28. The van der Waals surface area contributed by atoms with Crippen molar-refractivity contribution in [2.24, 2.45) is 7.05 Å². The van der Waals surface area contributed by atoms with Crippen LogP contribution in [0, 0.1) is 0 Å². The number of amides is 1. The molecule has 0 unspecified atom stereocenters. The van der Waals surface area contributed by atoms with Crippen LogP contribution in [0.3, 0.4) is 0 Å². The fraction of sp³-hybridized carbons (Fsp3) is 0.190. The van der Waals surface area contributed by atoms with Gasteiger partial charge in [-0.25, -0.2) is 4.79 Å². The number of methoxy groups -OCH3 is 1. The first-order valence-corrected chi connectivity index (χ1v) is 10.0. The van der Waals surface area contributed by atoms with Crippen molar-refractivity contribution in [2.45, 2.75) is 13.1 Å². The number of ether oxygens (including phenoxy) is 1. The molecule has 4 aromatic rings. The van der Waals surface area contributed by atoms with Crippen LogP contribution in [0.15, 0.2) is 62.0 Å². The fourth-order valence-corrected chi connectivity index (χ4v) is 4.26. The average molecular weight is 425 g/mol. The largest absolute Gasteiger partial charge is 0.497 e. The molecule has 3 heterocycles. The molecule has 0 saturated heterocycles. The molecule has 0 radical (unpaired) electrons. The van der Waals surface area contributed by atoms with Crippen LogP contribution in [0.25, 0.3) is 21.3 Å². The summed E-state index contributed by atoms with van der Waals surface area (Å²) in [6, 6.07) is 10.8. The molecule has 154 valence electrons. The van der Waals surface area contributed by atoms with E-state index in [0.717, 1.165) is 10.1 Å². The van der Waals surface area contributed by atoms with Gasteiger partial charge < -0.3 is 14.5 Å². The first-order valence-electron chi connectivity index (χ1n) is 9.14.